The molecule has 98 valence electrons. The first-order chi connectivity index (χ1) is 8.72. The quantitative estimate of drug-likeness (QED) is 0.832. The fraction of sp³-hybridized carbons (Fsp3) is 0.538. The lowest BCUT2D eigenvalue weighted by molar-refractivity contribution is 0.0562. The summed E-state index contributed by atoms with van der Waals surface area (Å²) in [6.07, 6.45) is 5.40. The Kier molecular flexibility index (Phi) is 4.55. The molecule has 1 N–H and O–H groups in total. The highest BCUT2D eigenvalue weighted by atomic mass is 35.5. The standard InChI is InChI=1S/C13H17ClN2O2/c14-12-6-5-10(9-15-12)13(18)16(7-2-8-17)11-3-1-4-11/h5-6,9,11,17H,1-4,7-8H2. The molecule has 0 saturated heterocycles. The summed E-state index contributed by atoms with van der Waals surface area (Å²) >= 11 is 5.71. The van der Waals surface area contributed by atoms with E-state index in [1.54, 1.807) is 12.1 Å². The predicted molar refractivity (Wildman–Crippen MR) is 69.6 cm³/mol. The molecule has 0 bridgehead atoms. The number of aliphatic hydroxyl groups excluding tert-OH is 1. The molecule has 4 nitrogen and oxygen atoms in total. The van der Waals surface area contributed by atoms with E-state index in [-0.39, 0.29) is 12.5 Å². The molecule has 1 saturated carbocycles. The largest absolute Gasteiger partial charge is 0.396 e. The Morgan fingerprint density at radius 3 is 2.78 bits per heavy atom. The molecule has 1 aromatic heterocycles. The number of aromatic nitrogens is 1. The summed E-state index contributed by atoms with van der Waals surface area (Å²) < 4.78 is 0. The number of amides is 1. The van der Waals surface area contributed by atoms with Crippen LogP contribution < -0.4 is 0 Å². The van der Waals surface area contributed by atoms with Gasteiger partial charge in [-0.25, -0.2) is 4.98 Å². The number of rotatable bonds is 5. The third-order valence-electron chi connectivity index (χ3n) is 3.31. The van der Waals surface area contributed by atoms with Crippen LogP contribution in [-0.4, -0.2) is 40.1 Å². The molecule has 0 unspecified atom stereocenters. The zero-order chi connectivity index (χ0) is 13.0. The van der Waals surface area contributed by atoms with E-state index in [9.17, 15) is 4.79 Å². The molecule has 0 aromatic carbocycles. The van der Waals surface area contributed by atoms with Gasteiger partial charge >= 0.3 is 0 Å². The summed E-state index contributed by atoms with van der Waals surface area (Å²) in [6, 6.07) is 3.64. The molecule has 1 amide bonds. The Morgan fingerprint density at radius 2 is 2.28 bits per heavy atom. The van der Waals surface area contributed by atoms with Crippen LogP contribution in [0.2, 0.25) is 5.15 Å². The van der Waals surface area contributed by atoms with Crippen molar-refractivity contribution in [2.75, 3.05) is 13.2 Å². The maximum absolute atomic E-state index is 12.4. The second kappa shape index (κ2) is 6.16. The Morgan fingerprint density at radius 1 is 1.50 bits per heavy atom. The van der Waals surface area contributed by atoms with Crippen LogP contribution in [0.1, 0.15) is 36.0 Å². The molecule has 18 heavy (non-hydrogen) atoms. The van der Waals surface area contributed by atoms with Crippen LogP contribution in [-0.2, 0) is 0 Å². The summed E-state index contributed by atoms with van der Waals surface area (Å²) in [5.74, 6) is -0.0164. The fourth-order valence-corrected chi connectivity index (χ4v) is 2.17. The Balaban J connectivity index is 2.08. The third-order valence-corrected chi connectivity index (χ3v) is 3.53. The van der Waals surface area contributed by atoms with Crippen LogP contribution >= 0.6 is 11.6 Å². The monoisotopic (exact) mass is 268 g/mol. The summed E-state index contributed by atoms with van der Waals surface area (Å²) in [4.78, 5) is 18.1. The third kappa shape index (κ3) is 3.00. The number of hydrogen-bond acceptors (Lipinski definition) is 3. The lowest BCUT2D eigenvalue weighted by Gasteiger charge is -2.37. The van der Waals surface area contributed by atoms with Gasteiger partial charge in [-0.05, 0) is 37.8 Å². The molecule has 2 rings (SSSR count). The van der Waals surface area contributed by atoms with Crippen LogP contribution in [0.3, 0.4) is 0 Å². The number of carbonyl (C=O) groups is 1. The van der Waals surface area contributed by atoms with Gasteiger partial charge in [0.25, 0.3) is 5.91 Å². The number of pyridine rings is 1. The van der Waals surface area contributed by atoms with E-state index in [1.807, 2.05) is 4.90 Å². The van der Waals surface area contributed by atoms with E-state index in [4.69, 9.17) is 16.7 Å². The number of aliphatic hydroxyl groups is 1. The molecule has 0 spiro atoms. The first-order valence-corrected chi connectivity index (χ1v) is 6.63. The van der Waals surface area contributed by atoms with Gasteiger partial charge in [0.1, 0.15) is 5.15 Å². The molecule has 0 radical (unpaired) electrons. The van der Waals surface area contributed by atoms with Gasteiger partial charge in [-0.15, -0.1) is 0 Å². The SMILES string of the molecule is O=C(c1ccc(Cl)nc1)N(CCCO)C1CCC1. The molecule has 1 aromatic rings. The summed E-state index contributed by atoms with van der Waals surface area (Å²) in [6.45, 7) is 0.706. The first-order valence-electron chi connectivity index (χ1n) is 6.26. The smallest absolute Gasteiger partial charge is 0.255 e. The molecule has 1 aliphatic rings. The zero-order valence-corrected chi connectivity index (χ0v) is 10.9. The van der Waals surface area contributed by atoms with Crippen LogP contribution in [0.15, 0.2) is 18.3 Å². The fourth-order valence-electron chi connectivity index (χ4n) is 2.06. The molecular weight excluding hydrogens is 252 g/mol. The van der Waals surface area contributed by atoms with Crippen molar-refractivity contribution in [1.82, 2.24) is 9.88 Å². The molecule has 5 heteroatoms. The van der Waals surface area contributed by atoms with Gasteiger partial charge in [-0.3, -0.25) is 4.79 Å². The topological polar surface area (TPSA) is 53.4 Å². The van der Waals surface area contributed by atoms with E-state index >= 15 is 0 Å². The van der Waals surface area contributed by atoms with Crippen molar-refractivity contribution in [1.29, 1.82) is 0 Å². The predicted octanol–water partition coefficient (Wildman–Crippen LogP) is 2.11. The molecule has 1 fully saturated rings. The van der Waals surface area contributed by atoms with Gasteiger partial charge in [0.2, 0.25) is 0 Å². The number of halogens is 1. The molecule has 1 heterocycles. The van der Waals surface area contributed by atoms with Crippen LogP contribution in [0.4, 0.5) is 0 Å². The molecule has 1 aliphatic carbocycles. The van der Waals surface area contributed by atoms with Gasteiger partial charge in [0.15, 0.2) is 0 Å². The second-order valence-corrected chi connectivity index (χ2v) is 4.92. The van der Waals surface area contributed by atoms with Gasteiger partial charge < -0.3 is 10.0 Å². The van der Waals surface area contributed by atoms with Crippen LogP contribution in [0, 0.1) is 0 Å². The van der Waals surface area contributed by atoms with Crippen molar-refractivity contribution in [3.63, 3.8) is 0 Å². The van der Waals surface area contributed by atoms with Crippen molar-refractivity contribution in [3.05, 3.63) is 29.0 Å². The lowest BCUT2D eigenvalue weighted by atomic mass is 9.91. The second-order valence-electron chi connectivity index (χ2n) is 4.53. The maximum Gasteiger partial charge on any atom is 0.255 e. The minimum atomic E-state index is -0.0164. The van der Waals surface area contributed by atoms with Crippen molar-refractivity contribution < 1.29 is 9.90 Å². The Hall–Kier alpha value is -1.13. The summed E-state index contributed by atoms with van der Waals surface area (Å²) in [5.41, 5.74) is 0.559. The Bertz CT molecular complexity index is 404. The number of carbonyl (C=O) groups excluding carboxylic acids is 1. The van der Waals surface area contributed by atoms with Crippen LogP contribution in [0.25, 0.3) is 0 Å². The van der Waals surface area contributed by atoms with Gasteiger partial charge in [0.05, 0.1) is 5.56 Å². The lowest BCUT2D eigenvalue weighted by Crippen LogP contribution is -2.45. The van der Waals surface area contributed by atoms with E-state index in [0.29, 0.717) is 29.7 Å². The molecule has 0 aliphatic heterocycles. The van der Waals surface area contributed by atoms with Gasteiger partial charge in [-0.1, -0.05) is 11.6 Å². The summed E-state index contributed by atoms with van der Waals surface area (Å²) in [5, 5.41) is 9.29. The maximum atomic E-state index is 12.4. The molecular formula is C13H17ClN2O2. The molecule has 0 atom stereocenters. The van der Waals surface area contributed by atoms with Crippen molar-refractivity contribution in [2.45, 2.75) is 31.7 Å². The van der Waals surface area contributed by atoms with E-state index in [2.05, 4.69) is 4.98 Å². The average molecular weight is 269 g/mol. The number of hydrogen-bond donors (Lipinski definition) is 1. The van der Waals surface area contributed by atoms with Crippen molar-refractivity contribution >= 4 is 17.5 Å². The Labute approximate surface area is 112 Å². The van der Waals surface area contributed by atoms with E-state index < -0.39 is 0 Å². The zero-order valence-electron chi connectivity index (χ0n) is 10.2. The van der Waals surface area contributed by atoms with Crippen LogP contribution in [0.5, 0.6) is 0 Å². The highest BCUT2D eigenvalue weighted by Gasteiger charge is 2.28. The highest BCUT2D eigenvalue weighted by molar-refractivity contribution is 6.29. The minimum Gasteiger partial charge on any atom is -0.396 e. The van der Waals surface area contributed by atoms with E-state index in [1.165, 1.54) is 12.6 Å². The minimum absolute atomic E-state index is 0.0164. The van der Waals surface area contributed by atoms with E-state index in [0.717, 1.165) is 12.8 Å². The normalized spacial score (nSPS) is 15.2. The number of nitrogens with zero attached hydrogens (tertiary/aromatic N) is 2. The van der Waals surface area contributed by atoms with Crippen molar-refractivity contribution in [2.24, 2.45) is 0 Å². The van der Waals surface area contributed by atoms with Gasteiger partial charge in [-0.2, -0.15) is 0 Å². The van der Waals surface area contributed by atoms with Crippen molar-refractivity contribution in [3.8, 4) is 0 Å². The average Bonchev–Trinajstić information content (AvgIpc) is 2.32. The van der Waals surface area contributed by atoms with Gasteiger partial charge in [0, 0.05) is 25.4 Å². The highest BCUT2D eigenvalue weighted by Crippen LogP contribution is 2.26. The first kappa shape index (κ1) is 13.3. The summed E-state index contributed by atoms with van der Waals surface area (Å²) in [7, 11) is 0.